The van der Waals surface area contributed by atoms with Crippen LogP contribution in [0.3, 0.4) is 0 Å². The minimum Gasteiger partial charge on any atom is -0.506 e. The first kappa shape index (κ1) is 27.2. The molecule has 4 unspecified atom stereocenters. The van der Waals surface area contributed by atoms with E-state index in [0.717, 1.165) is 0 Å². The van der Waals surface area contributed by atoms with Crippen LogP contribution in [0.4, 0.5) is 11.4 Å². The van der Waals surface area contributed by atoms with Crippen molar-refractivity contribution in [3.05, 3.63) is 46.5 Å². The van der Waals surface area contributed by atoms with Crippen molar-refractivity contribution in [3.8, 4) is 11.5 Å². The molecule has 2 aromatic carbocycles. The number of benzene rings is 2. The quantitative estimate of drug-likeness (QED) is 0.220. The van der Waals surface area contributed by atoms with Crippen LogP contribution in [0.1, 0.15) is 127 Å². The first-order valence-electron chi connectivity index (χ1n) is 16.6. The molecule has 226 valence electrons. The molecule has 0 saturated heterocycles. The summed E-state index contributed by atoms with van der Waals surface area (Å²) in [6.45, 7) is 14.9. The van der Waals surface area contributed by atoms with Gasteiger partial charge in [0.1, 0.15) is 11.5 Å². The summed E-state index contributed by atoms with van der Waals surface area (Å²) in [7, 11) is 0. The molecule has 8 aliphatic rings. The van der Waals surface area contributed by atoms with Gasteiger partial charge in [-0.1, -0.05) is 27.7 Å². The van der Waals surface area contributed by atoms with Gasteiger partial charge in [0.25, 0.3) is 0 Å². The van der Waals surface area contributed by atoms with Crippen LogP contribution < -0.4 is 11.5 Å². The van der Waals surface area contributed by atoms with Crippen molar-refractivity contribution in [1.29, 1.82) is 0 Å². The average molecular weight is 569 g/mol. The Balaban J connectivity index is 1.33. The zero-order valence-corrected chi connectivity index (χ0v) is 26.8. The largest absolute Gasteiger partial charge is 0.506 e. The maximum atomic E-state index is 10.5. The molecular formula is C38H52N2O2. The third-order valence-corrected chi connectivity index (χ3v) is 14.2. The molecule has 10 rings (SSSR count). The minimum absolute atomic E-state index is 0.112. The molecular weight excluding hydrogens is 516 g/mol. The zero-order valence-electron chi connectivity index (χ0n) is 26.8. The fourth-order valence-corrected chi connectivity index (χ4v) is 15.6. The van der Waals surface area contributed by atoms with Gasteiger partial charge in [0.15, 0.2) is 0 Å². The number of nitrogens with two attached hydrogens (primary N) is 2. The van der Waals surface area contributed by atoms with Gasteiger partial charge in [0, 0.05) is 0 Å². The standard InChI is InChI=1S/C38H52N2O2/c1-23-7-29(41)27(39)9-25(23)35-13-31(3)11-32(4,14-35)18-37(17-31,21-35)38-19-33(5)12-34(6,20-38)16-36(15-33,22-38)26-10-28(40)30(42)8-24(26)2/h7-10,41-42H,11-22,39-40H2,1-6H3. The van der Waals surface area contributed by atoms with Gasteiger partial charge in [-0.3, -0.25) is 0 Å². The van der Waals surface area contributed by atoms with Crippen LogP contribution >= 0.6 is 0 Å². The monoisotopic (exact) mass is 568 g/mol. The molecule has 4 nitrogen and oxygen atoms in total. The van der Waals surface area contributed by atoms with Gasteiger partial charge >= 0.3 is 0 Å². The van der Waals surface area contributed by atoms with Gasteiger partial charge in [0.2, 0.25) is 0 Å². The number of aryl methyl sites for hydroxylation is 2. The predicted octanol–water partition coefficient (Wildman–Crippen LogP) is 8.82. The van der Waals surface area contributed by atoms with Crippen LogP contribution in [0.25, 0.3) is 0 Å². The van der Waals surface area contributed by atoms with E-state index >= 15 is 0 Å². The van der Waals surface area contributed by atoms with Crippen LogP contribution in [0.5, 0.6) is 11.5 Å². The molecule has 0 radical (unpaired) electrons. The Morgan fingerprint density at radius 1 is 0.476 bits per heavy atom. The summed E-state index contributed by atoms with van der Waals surface area (Å²) in [5.74, 6) is 0.445. The first-order valence-corrected chi connectivity index (χ1v) is 16.6. The number of hydrogen-bond acceptors (Lipinski definition) is 4. The average Bonchev–Trinajstić information content (AvgIpc) is 2.79. The van der Waals surface area contributed by atoms with E-state index in [4.69, 9.17) is 11.5 Å². The lowest BCUT2D eigenvalue weighted by Gasteiger charge is -2.80. The predicted molar refractivity (Wildman–Crippen MR) is 171 cm³/mol. The van der Waals surface area contributed by atoms with Crippen LogP contribution in [-0.2, 0) is 10.8 Å². The second-order valence-corrected chi connectivity index (χ2v) is 18.9. The van der Waals surface area contributed by atoms with Crippen LogP contribution in [0, 0.1) is 46.3 Å². The van der Waals surface area contributed by atoms with Gasteiger partial charge in [-0.25, -0.2) is 0 Å². The van der Waals surface area contributed by atoms with Crippen LogP contribution in [0.2, 0.25) is 0 Å². The van der Waals surface area contributed by atoms with E-state index in [1.165, 1.54) is 99.3 Å². The number of rotatable bonds is 3. The highest BCUT2D eigenvalue weighted by Crippen LogP contribution is 2.85. The van der Waals surface area contributed by atoms with E-state index in [-0.39, 0.29) is 33.2 Å². The number of phenolic OH excluding ortho intramolecular Hbond substituents is 2. The Kier molecular flexibility index (Phi) is 4.84. The fraction of sp³-hybridized carbons (Fsp3) is 0.684. The lowest BCUT2D eigenvalue weighted by Crippen LogP contribution is -2.71. The molecule has 42 heavy (non-hydrogen) atoms. The Morgan fingerprint density at radius 3 is 1.10 bits per heavy atom. The molecule has 4 atom stereocenters. The van der Waals surface area contributed by atoms with Crippen molar-refractivity contribution < 1.29 is 10.2 Å². The second kappa shape index (κ2) is 7.46. The van der Waals surface area contributed by atoms with Crippen LogP contribution in [-0.4, -0.2) is 10.2 Å². The van der Waals surface area contributed by atoms with Gasteiger partial charge < -0.3 is 21.7 Å². The van der Waals surface area contributed by atoms with E-state index in [2.05, 4.69) is 53.7 Å². The van der Waals surface area contributed by atoms with Crippen molar-refractivity contribution in [2.75, 3.05) is 11.5 Å². The SMILES string of the molecule is Cc1cc(O)c(N)cc1C12CC3(C)CC(C)(C1)CC(C14CC5(C)CC(C)(CC(c6cc(N)c(O)cc6C)(C5)C1)C4)(C3)C2. The van der Waals surface area contributed by atoms with Gasteiger partial charge in [-0.2, -0.15) is 0 Å². The third-order valence-electron chi connectivity index (χ3n) is 14.2. The summed E-state index contributed by atoms with van der Waals surface area (Å²) < 4.78 is 0. The highest BCUT2D eigenvalue weighted by atomic mass is 16.3. The smallest absolute Gasteiger partial charge is 0.138 e. The molecule has 0 amide bonds. The maximum Gasteiger partial charge on any atom is 0.138 e. The van der Waals surface area contributed by atoms with Gasteiger partial charge in [-0.15, -0.1) is 0 Å². The van der Waals surface area contributed by atoms with Gasteiger partial charge in [-0.05, 0) is 181 Å². The topological polar surface area (TPSA) is 92.5 Å². The normalized spacial score (nSPS) is 48.2. The minimum atomic E-state index is 0.112. The van der Waals surface area contributed by atoms with Crippen molar-refractivity contribution in [2.45, 2.75) is 129 Å². The number of anilines is 2. The molecule has 0 heterocycles. The summed E-state index contributed by atoms with van der Waals surface area (Å²) in [6.07, 6.45) is 15.6. The van der Waals surface area contributed by atoms with Gasteiger partial charge in [0.05, 0.1) is 11.4 Å². The molecule has 0 aliphatic heterocycles. The highest BCUT2D eigenvalue weighted by molar-refractivity contribution is 5.59. The molecule has 8 aliphatic carbocycles. The molecule has 8 fully saturated rings. The van der Waals surface area contributed by atoms with E-state index < -0.39 is 0 Å². The number of nitrogen functional groups attached to an aromatic ring is 2. The van der Waals surface area contributed by atoms with E-state index in [1.54, 1.807) is 0 Å². The Bertz CT molecular complexity index is 1400. The van der Waals surface area contributed by atoms with Crippen molar-refractivity contribution in [2.24, 2.45) is 32.5 Å². The Labute approximate surface area is 252 Å². The van der Waals surface area contributed by atoms with Crippen molar-refractivity contribution >= 4 is 11.4 Å². The Morgan fingerprint density at radius 2 is 0.786 bits per heavy atom. The van der Waals surface area contributed by atoms with Crippen LogP contribution in [0.15, 0.2) is 24.3 Å². The highest BCUT2D eigenvalue weighted by Gasteiger charge is 2.76. The lowest BCUT2D eigenvalue weighted by molar-refractivity contribution is -0.275. The summed E-state index contributed by atoms with van der Waals surface area (Å²) in [6, 6.07) is 8.18. The third kappa shape index (κ3) is 3.36. The molecule has 4 heteroatoms. The first-order chi connectivity index (χ1) is 19.4. The number of phenols is 2. The summed E-state index contributed by atoms with van der Waals surface area (Å²) in [4.78, 5) is 0. The van der Waals surface area contributed by atoms with E-state index in [1.807, 2.05) is 12.1 Å². The lowest BCUT2D eigenvalue weighted by atomic mass is 9.24. The summed E-state index contributed by atoms with van der Waals surface area (Å²) in [5, 5.41) is 21.0. The molecule has 8 bridgehead atoms. The molecule has 6 N–H and O–H groups in total. The van der Waals surface area contributed by atoms with E-state index in [9.17, 15) is 10.2 Å². The number of hydrogen-bond donors (Lipinski definition) is 4. The van der Waals surface area contributed by atoms with Crippen molar-refractivity contribution in [1.82, 2.24) is 0 Å². The maximum absolute atomic E-state index is 10.5. The number of aromatic hydroxyl groups is 2. The summed E-state index contributed by atoms with van der Waals surface area (Å²) >= 11 is 0. The molecule has 0 aromatic heterocycles. The molecule has 8 saturated carbocycles. The fourth-order valence-electron chi connectivity index (χ4n) is 15.6. The second-order valence-electron chi connectivity index (χ2n) is 18.9. The van der Waals surface area contributed by atoms with E-state index in [0.29, 0.717) is 33.0 Å². The summed E-state index contributed by atoms with van der Waals surface area (Å²) in [5.41, 5.74) is 21.2. The zero-order chi connectivity index (χ0) is 29.9. The molecule has 2 aromatic rings. The van der Waals surface area contributed by atoms with Crippen molar-refractivity contribution in [3.63, 3.8) is 0 Å². The Hall–Kier alpha value is -2.36. The molecule has 0 spiro atoms.